The largest absolute Gasteiger partial charge is 0.441 e. The zero-order valence-corrected chi connectivity index (χ0v) is 16.1. The second kappa shape index (κ2) is 7.04. The van der Waals surface area contributed by atoms with Crippen molar-refractivity contribution in [2.24, 2.45) is 0 Å². The molecule has 1 aromatic carbocycles. The molecule has 148 valence electrons. The van der Waals surface area contributed by atoms with E-state index in [4.69, 9.17) is 9.40 Å². The van der Waals surface area contributed by atoms with Crippen LogP contribution in [-0.4, -0.2) is 45.2 Å². The van der Waals surface area contributed by atoms with E-state index in [2.05, 4.69) is 25.6 Å². The Morgan fingerprint density at radius 1 is 1.17 bits per heavy atom. The summed E-state index contributed by atoms with van der Waals surface area (Å²) in [5, 5.41) is 6.31. The third-order valence-corrected chi connectivity index (χ3v) is 5.24. The molecule has 0 saturated carbocycles. The molecular weight excluding hydrogens is 371 g/mol. The number of fused-ring (bicyclic) bond motifs is 2. The molecule has 4 heterocycles. The first-order chi connectivity index (χ1) is 14.1. The van der Waals surface area contributed by atoms with Crippen molar-refractivity contribution in [3.8, 4) is 11.3 Å². The maximum Gasteiger partial charge on any atom is 0.192 e. The van der Waals surface area contributed by atoms with Gasteiger partial charge in [-0.15, -0.1) is 0 Å². The Morgan fingerprint density at radius 3 is 2.93 bits per heavy atom. The van der Waals surface area contributed by atoms with Crippen LogP contribution in [-0.2, 0) is 0 Å². The molecule has 0 bridgehead atoms. The molecule has 1 fully saturated rings. The fourth-order valence-corrected chi connectivity index (χ4v) is 3.77. The summed E-state index contributed by atoms with van der Waals surface area (Å²) in [4.78, 5) is 18.0. The van der Waals surface area contributed by atoms with Crippen LogP contribution in [0.15, 0.2) is 41.1 Å². The summed E-state index contributed by atoms with van der Waals surface area (Å²) < 4.78 is 20.6. The molecule has 1 atom stereocenters. The topological polar surface area (TPSA) is 88.8 Å². The fraction of sp³-hybridized carbons (Fsp3) is 0.333. The number of halogens is 1. The van der Waals surface area contributed by atoms with Gasteiger partial charge in [-0.2, -0.15) is 0 Å². The molecule has 1 aliphatic heterocycles. The summed E-state index contributed by atoms with van der Waals surface area (Å²) >= 11 is 0. The van der Waals surface area contributed by atoms with E-state index in [9.17, 15) is 0 Å². The lowest BCUT2D eigenvalue weighted by Gasteiger charge is -2.30. The van der Waals surface area contributed by atoms with Crippen LogP contribution in [0.5, 0.6) is 0 Å². The van der Waals surface area contributed by atoms with Gasteiger partial charge in [0.25, 0.3) is 0 Å². The monoisotopic (exact) mass is 392 g/mol. The molecule has 0 radical (unpaired) electrons. The SMILES string of the molecule is Cc1nc2cc(-c3cc4nccnc4c(NCC4(F)CCCNC4)n3)ccc2o1. The van der Waals surface area contributed by atoms with Crippen molar-refractivity contribution in [1.82, 2.24) is 25.3 Å². The number of aryl methyl sites for hydroxylation is 1. The molecule has 29 heavy (non-hydrogen) atoms. The highest BCUT2D eigenvalue weighted by atomic mass is 19.1. The van der Waals surface area contributed by atoms with E-state index >= 15 is 4.39 Å². The maximum absolute atomic E-state index is 15.1. The van der Waals surface area contributed by atoms with Crippen molar-refractivity contribution in [3.63, 3.8) is 0 Å². The molecule has 5 rings (SSSR count). The third-order valence-electron chi connectivity index (χ3n) is 5.24. The maximum atomic E-state index is 15.1. The van der Waals surface area contributed by atoms with Gasteiger partial charge in [0.15, 0.2) is 17.3 Å². The molecule has 1 saturated heterocycles. The van der Waals surface area contributed by atoms with Gasteiger partial charge in [0.1, 0.15) is 16.7 Å². The quantitative estimate of drug-likeness (QED) is 0.548. The number of anilines is 1. The highest BCUT2D eigenvalue weighted by Crippen LogP contribution is 2.29. The molecule has 7 nitrogen and oxygen atoms in total. The van der Waals surface area contributed by atoms with Crippen molar-refractivity contribution >= 4 is 28.0 Å². The molecule has 2 N–H and O–H groups in total. The van der Waals surface area contributed by atoms with Gasteiger partial charge < -0.3 is 15.1 Å². The summed E-state index contributed by atoms with van der Waals surface area (Å²) in [7, 11) is 0. The molecule has 0 spiro atoms. The van der Waals surface area contributed by atoms with Gasteiger partial charge in [-0.05, 0) is 43.7 Å². The standard InChI is InChI=1S/C21H21FN6O/c1-13-27-16-9-14(3-4-18(16)29-13)15-10-17-19(25-8-7-24-17)20(28-15)26-12-21(22)5-2-6-23-11-21/h3-4,7-10,23H,2,5-6,11-12H2,1H3,(H,26,28). The number of rotatable bonds is 4. The minimum Gasteiger partial charge on any atom is -0.441 e. The van der Waals surface area contributed by atoms with Gasteiger partial charge in [0.05, 0.1) is 17.8 Å². The molecule has 4 aromatic rings. The van der Waals surface area contributed by atoms with Crippen molar-refractivity contribution < 1.29 is 8.81 Å². The summed E-state index contributed by atoms with van der Waals surface area (Å²) in [5.74, 6) is 1.15. The fourth-order valence-electron chi connectivity index (χ4n) is 3.77. The average Bonchev–Trinajstić information content (AvgIpc) is 3.11. The number of hydrogen-bond donors (Lipinski definition) is 2. The average molecular weight is 392 g/mol. The Hall–Kier alpha value is -3.13. The number of nitrogens with zero attached hydrogens (tertiary/aromatic N) is 4. The van der Waals surface area contributed by atoms with Crippen LogP contribution < -0.4 is 10.6 Å². The lowest BCUT2D eigenvalue weighted by Crippen LogP contribution is -2.46. The molecule has 8 heteroatoms. The first kappa shape index (κ1) is 17.9. The highest BCUT2D eigenvalue weighted by Gasteiger charge is 2.31. The van der Waals surface area contributed by atoms with Crippen LogP contribution in [0.3, 0.4) is 0 Å². The number of piperidine rings is 1. The predicted molar refractivity (Wildman–Crippen MR) is 110 cm³/mol. The van der Waals surface area contributed by atoms with E-state index in [0.29, 0.717) is 35.7 Å². The second-order valence-electron chi connectivity index (χ2n) is 7.48. The molecule has 0 amide bonds. The predicted octanol–water partition coefficient (Wildman–Crippen LogP) is 3.65. The minimum absolute atomic E-state index is 0.170. The van der Waals surface area contributed by atoms with Crippen molar-refractivity contribution in [3.05, 3.63) is 42.5 Å². The Labute approximate surface area is 166 Å². The molecule has 1 aliphatic rings. The van der Waals surface area contributed by atoms with Gasteiger partial charge in [-0.25, -0.2) is 19.3 Å². The Balaban J connectivity index is 1.54. The first-order valence-corrected chi connectivity index (χ1v) is 9.73. The van der Waals surface area contributed by atoms with Crippen LogP contribution in [0.25, 0.3) is 33.4 Å². The van der Waals surface area contributed by atoms with Gasteiger partial charge in [0, 0.05) is 31.4 Å². The zero-order chi connectivity index (χ0) is 19.8. The molecule has 1 unspecified atom stereocenters. The van der Waals surface area contributed by atoms with E-state index < -0.39 is 5.67 Å². The lowest BCUT2D eigenvalue weighted by molar-refractivity contribution is 0.137. The lowest BCUT2D eigenvalue weighted by atomic mass is 9.96. The molecule has 0 aliphatic carbocycles. The summed E-state index contributed by atoms with van der Waals surface area (Å²) in [6.07, 6.45) is 4.61. The van der Waals surface area contributed by atoms with Gasteiger partial charge in [-0.3, -0.25) is 4.98 Å². The first-order valence-electron chi connectivity index (χ1n) is 9.73. The number of hydrogen-bond acceptors (Lipinski definition) is 7. The van der Waals surface area contributed by atoms with E-state index in [-0.39, 0.29) is 6.54 Å². The van der Waals surface area contributed by atoms with Crippen LogP contribution in [0, 0.1) is 6.92 Å². The van der Waals surface area contributed by atoms with Crippen molar-refractivity contribution in [2.75, 3.05) is 25.0 Å². The van der Waals surface area contributed by atoms with Crippen LogP contribution >= 0.6 is 0 Å². The minimum atomic E-state index is -1.30. The molecular formula is C21H21FN6O. The zero-order valence-electron chi connectivity index (χ0n) is 16.1. The van der Waals surface area contributed by atoms with Gasteiger partial charge in [0.2, 0.25) is 0 Å². The number of pyridine rings is 1. The number of alkyl halides is 1. The summed E-state index contributed by atoms with van der Waals surface area (Å²) in [5.41, 5.74) is 3.13. The Kier molecular flexibility index (Phi) is 4.35. The normalized spacial score (nSPS) is 19.7. The van der Waals surface area contributed by atoms with Crippen molar-refractivity contribution in [2.45, 2.75) is 25.4 Å². The summed E-state index contributed by atoms with van der Waals surface area (Å²) in [6.45, 7) is 3.19. The van der Waals surface area contributed by atoms with Gasteiger partial charge in [-0.1, -0.05) is 0 Å². The van der Waals surface area contributed by atoms with E-state index in [1.54, 1.807) is 12.4 Å². The number of nitrogens with one attached hydrogen (secondary N) is 2. The third kappa shape index (κ3) is 3.51. The molecule has 3 aromatic heterocycles. The van der Waals surface area contributed by atoms with Gasteiger partial charge >= 0.3 is 0 Å². The smallest absolute Gasteiger partial charge is 0.192 e. The van der Waals surface area contributed by atoms with E-state index in [1.165, 1.54) is 0 Å². The Bertz CT molecular complexity index is 1180. The van der Waals surface area contributed by atoms with Crippen molar-refractivity contribution in [1.29, 1.82) is 0 Å². The van der Waals surface area contributed by atoms with E-state index in [1.807, 2.05) is 31.2 Å². The van der Waals surface area contributed by atoms with E-state index in [0.717, 1.165) is 35.3 Å². The second-order valence-corrected chi connectivity index (χ2v) is 7.48. The number of benzene rings is 1. The van der Waals surface area contributed by atoms with Crippen LogP contribution in [0.4, 0.5) is 10.2 Å². The number of aromatic nitrogens is 4. The van der Waals surface area contributed by atoms with Crippen LogP contribution in [0.1, 0.15) is 18.7 Å². The Morgan fingerprint density at radius 2 is 2.07 bits per heavy atom. The number of oxazole rings is 1. The van der Waals surface area contributed by atoms with Crippen LogP contribution in [0.2, 0.25) is 0 Å². The summed E-state index contributed by atoms with van der Waals surface area (Å²) in [6, 6.07) is 7.63. The highest BCUT2D eigenvalue weighted by molar-refractivity contribution is 5.89.